The van der Waals surface area contributed by atoms with Gasteiger partial charge in [0.25, 0.3) is 0 Å². The molecule has 1 saturated heterocycles. The summed E-state index contributed by atoms with van der Waals surface area (Å²) in [6.45, 7) is 6.87. The molecule has 1 aromatic heterocycles. The molecule has 0 aliphatic carbocycles. The smallest absolute Gasteiger partial charge is 0.220 e. The van der Waals surface area contributed by atoms with Crippen LogP contribution in [0.1, 0.15) is 29.9 Å². The van der Waals surface area contributed by atoms with E-state index in [0.717, 1.165) is 48.9 Å². The SMILES string of the molecule is COc1ccc(C2CN(Cc3cccc(C)n3)CCN2C(C)=O)cc1. The number of carbonyl (C=O) groups excluding carboxylic acids is 1. The van der Waals surface area contributed by atoms with Crippen LogP contribution in [-0.2, 0) is 11.3 Å². The molecule has 1 aromatic carbocycles. The first-order valence-corrected chi connectivity index (χ1v) is 8.63. The molecule has 3 rings (SSSR count). The highest BCUT2D eigenvalue weighted by Crippen LogP contribution is 2.27. The second-order valence-corrected chi connectivity index (χ2v) is 6.51. The van der Waals surface area contributed by atoms with Crippen LogP contribution in [0.2, 0.25) is 0 Å². The van der Waals surface area contributed by atoms with Crippen LogP contribution in [0.3, 0.4) is 0 Å². The Bertz CT molecular complexity index is 730. The Labute approximate surface area is 149 Å². The van der Waals surface area contributed by atoms with E-state index in [2.05, 4.69) is 16.0 Å². The number of methoxy groups -OCH3 is 1. The predicted octanol–water partition coefficient (Wildman–Crippen LogP) is 2.80. The maximum atomic E-state index is 12.1. The number of nitrogens with zero attached hydrogens (tertiary/aromatic N) is 3. The molecule has 1 atom stereocenters. The van der Waals surface area contributed by atoms with Gasteiger partial charge in [-0.15, -0.1) is 0 Å². The second kappa shape index (κ2) is 7.66. The van der Waals surface area contributed by atoms with Crippen molar-refractivity contribution in [2.75, 3.05) is 26.7 Å². The first-order chi connectivity index (χ1) is 12.1. The summed E-state index contributed by atoms with van der Waals surface area (Å²) in [6.07, 6.45) is 0. The maximum Gasteiger partial charge on any atom is 0.220 e. The van der Waals surface area contributed by atoms with Crippen molar-refractivity contribution in [2.24, 2.45) is 0 Å². The first-order valence-electron chi connectivity index (χ1n) is 8.63. The standard InChI is InChI=1S/C20H25N3O2/c1-15-5-4-6-18(21-15)13-22-11-12-23(16(2)24)20(14-22)17-7-9-19(25-3)10-8-17/h4-10,20H,11-14H2,1-3H3. The fraction of sp³-hybridized carbons (Fsp3) is 0.400. The fourth-order valence-electron chi connectivity index (χ4n) is 3.39. The molecule has 1 unspecified atom stereocenters. The lowest BCUT2D eigenvalue weighted by Gasteiger charge is -2.41. The maximum absolute atomic E-state index is 12.1. The van der Waals surface area contributed by atoms with E-state index >= 15 is 0 Å². The Hall–Kier alpha value is -2.40. The van der Waals surface area contributed by atoms with E-state index in [1.54, 1.807) is 14.0 Å². The van der Waals surface area contributed by atoms with Crippen LogP contribution in [0.4, 0.5) is 0 Å². The van der Waals surface area contributed by atoms with Crippen molar-refractivity contribution in [3.8, 4) is 5.75 Å². The van der Waals surface area contributed by atoms with Gasteiger partial charge in [0.05, 0.1) is 18.8 Å². The minimum atomic E-state index is 0.0574. The Balaban J connectivity index is 1.78. The van der Waals surface area contributed by atoms with Crippen LogP contribution in [-0.4, -0.2) is 47.4 Å². The topological polar surface area (TPSA) is 45.7 Å². The predicted molar refractivity (Wildman–Crippen MR) is 97.4 cm³/mol. The van der Waals surface area contributed by atoms with Crippen LogP contribution in [0.5, 0.6) is 5.75 Å². The molecule has 5 heteroatoms. The number of ether oxygens (including phenoxy) is 1. The van der Waals surface area contributed by atoms with E-state index in [-0.39, 0.29) is 11.9 Å². The van der Waals surface area contributed by atoms with Crippen molar-refractivity contribution in [3.63, 3.8) is 0 Å². The highest BCUT2D eigenvalue weighted by molar-refractivity contribution is 5.74. The minimum absolute atomic E-state index is 0.0574. The molecule has 0 radical (unpaired) electrons. The molecule has 25 heavy (non-hydrogen) atoms. The number of carbonyl (C=O) groups is 1. The molecule has 5 nitrogen and oxygen atoms in total. The summed E-state index contributed by atoms with van der Waals surface area (Å²) < 4.78 is 5.24. The largest absolute Gasteiger partial charge is 0.497 e. The van der Waals surface area contributed by atoms with Gasteiger partial charge in [-0.2, -0.15) is 0 Å². The molecule has 0 spiro atoms. The van der Waals surface area contributed by atoms with Crippen LogP contribution in [0.15, 0.2) is 42.5 Å². The molecule has 1 amide bonds. The zero-order chi connectivity index (χ0) is 17.8. The number of benzene rings is 1. The highest BCUT2D eigenvalue weighted by Gasteiger charge is 2.30. The Morgan fingerprint density at radius 2 is 1.96 bits per heavy atom. The third-order valence-electron chi connectivity index (χ3n) is 4.70. The number of amides is 1. The van der Waals surface area contributed by atoms with Gasteiger partial charge in [-0.3, -0.25) is 14.7 Å². The van der Waals surface area contributed by atoms with Gasteiger partial charge in [-0.1, -0.05) is 18.2 Å². The number of hydrogen-bond acceptors (Lipinski definition) is 4. The molecule has 0 saturated carbocycles. The zero-order valence-electron chi connectivity index (χ0n) is 15.1. The van der Waals surface area contributed by atoms with Crippen LogP contribution < -0.4 is 4.74 Å². The monoisotopic (exact) mass is 339 g/mol. The molecule has 2 aromatic rings. The van der Waals surface area contributed by atoms with Gasteiger partial charge in [0.1, 0.15) is 5.75 Å². The molecule has 0 N–H and O–H groups in total. The lowest BCUT2D eigenvalue weighted by molar-refractivity contribution is -0.134. The van der Waals surface area contributed by atoms with E-state index in [1.165, 1.54) is 0 Å². The summed E-state index contributed by atoms with van der Waals surface area (Å²) >= 11 is 0. The summed E-state index contributed by atoms with van der Waals surface area (Å²) in [5.41, 5.74) is 3.24. The van der Waals surface area contributed by atoms with Gasteiger partial charge in [-0.25, -0.2) is 0 Å². The van der Waals surface area contributed by atoms with Crippen LogP contribution in [0, 0.1) is 6.92 Å². The molecule has 2 heterocycles. The summed E-state index contributed by atoms with van der Waals surface area (Å²) in [7, 11) is 1.66. The molecule has 1 aliphatic heterocycles. The second-order valence-electron chi connectivity index (χ2n) is 6.51. The van der Waals surface area contributed by atoms with Crippen LogP contribution >= 0.6 is 0 Å². The number of aryl methyl sites for hydroxylation is 1. The van der Waals surface area contributed by atoms with Gasteiger partial charge in [0.15, 0.2) is 0 Å². The van der Waals surface area contributed by atoms with E-state index < -0.39 is 0 Å². The van der Waals surface area contributed by atoms with Gasteiger partial charge >= 0.3 is 0 Å². The molecule has 132 valence electrons. The first kappa shape index (κ1) is 17.4. The highest BCUT2D eigenvalue weighted by atomic mass is 16.5. The van der Waals surface area contributed by atoms with Crippen molar-refractivity contribution < 1.29 is 9.53 Å². The average molecular weight is 339 g/mol. The third-order valence-corrected chi connectivity index (χ3v) is 4.70. The lowest BCUT2D eigenvalue weighted by Crippen LogP contribution is -2.49. The van der Waals surface area contributed by atoms with Crippen molar-refractivity contribution in [1.82, 2.24) is 14.8 Å². The van der Waals surface area contributed by atoms with Crippen molar-refractivity contribution in [2.45, 2.75) is 26.4 Å². The van der Waals surface area contributed by atoms with Crippen LogP contribution in [0.25, 0.3) is 0 Å². The van der Waals surface area contributed by atoms with E-state index in [0.29, 0.717) is 0 Å². The van der Waals surface area contributed by atoms with E-state index in [4.69, 9.17) is 4.74 Å². The lowest BCUT2D eigenvalue weighted by atomic mass is 10.0. The summed E-state index contributed by atoms with van der Waals surface area (Å²) in [5.74, 6) is 0.948. The number of piperazine rings is 1. The normalized spacial score (nSPS) is 18.2. The van der Waals surface area contributed by atoms with Gasteiger partial charge < -0.3 is 9.64 Å². The quantitative estimate of drug-likeness (QED) is 0.859. The Morgan fingerprint density at radius 1 is 1.20 bits per heavy atom. The Kier molecular flexibility index (Phi) is 5.34. The molecular formula is C20H25N3O2. The minimum Gasteiger partial charge on any atom is -0.497 e. The Morgan fingerprint density at radius 3 is 2.60 bits per heavy atom. The molecular weight excluding hydrogens is 314 g/mol. The summed E-state index contributed by atoms with van der Waals surface area (Å²) in [5, 5.41) is 0. The number of aromatic nitrogens is 1. The van der Waals surface area contributed by atoms with Crippen molar-refractivity contribution in [1.29, 1.82) is 0 Å². The molecule has 1 aliphatic rings. The van der Waals surface area contributed by atoms with Crippen molar-refractivity contribution in [3.05, 3.63) is 59.4 Å². The van der Waals surface area contributed by atoms with E-state index in [1.807, 2.05) is 48.2 Å². The van der Waals surface area contributed by atoms with Gasteiger partial charge in [-0.05, 0) is 36.8 Å². The average Bonchev–Trinajstić information content (AvgIpc) is 2.61. The summed E-state index contributed by atoms with van der Waals surface area (Å²) in [6, 6.07) is 14.2. The zero-order valence-corrected chi connectivity index (χ0v) is 15.1. The van der Waals surface area contributed by atoms with Gasteiger partial charge in [0, 0.05) is 38.8 Å². The summed E-state index contributed by atoms with van der Waals surface area (Å²) in [4.78, 5) is 21.0. The molecule has 1 fully saturated rings. The number of hydrogen-bond donors (Lipinski definition) is 0. The number of rotatable bonds is 4. The number of pyridine rings is 1. The fourth-order valence-corrected chi connectivity index (χ4v) is 3.39. The molecule has 0 bridgehead atoms. The third kappa shape index (κ3) is 4.17. The van der Waals surface area contributed by atoms with Crippen molar-refractivity contribution >= 4 is 5.91 Å². The van der Waals surface area contributed by atoms with E-state index in [9.17, 15) is 4.79 Å². The van der Waals surface area contributed by atoms with Gasteiger partial charge in [0.2, 0.25) is 5.91 Å².